The number of pyridine rings is 1. The smallest absolute Gasteiger partial charge is 0.225 e. The van der Waals surface area contributed by atoms with E-state index in [1.165, 1.54) is 11.0 Å². The number of fused-ring (bicyclic) bond motifs is 2. The minimum Gasteiger partial charge on any atom is -0.486 e. The fourth-order valence-electron chi connectivity index (χ4n) is 2.83. The number of rotatable bonds is 2. The number of nitrogens with two attached hydrogens (primary N) is 1. The Labute approximate surface area is 147 Å². The first-order valence-corrected chi connectivity index (χ1v) is 7.98. The molecule has 3 aromatic heterocycles. The minimum absolute atomic E-state index is 0.209. The van der Waals surface area contributed by atoms with Crippen LogP contribution in [-0.4, -0.2) is 42.9 Å². The number of nitrogen functional groups attached to an aromatic ring is 1. The molecule has 0 bridgehead atoms. The van der Waals surface area contributed by atoms with Gasteiger partial charge in [0.05, 0.1) is 5.52 Å². The molecule has 0 saturated carbocycles. The van der Waals surface area contributed by atoms with Gasteiger partial charge in [0.25, 0.3) is 0 Å². The lowest BCUT2D eigenvalue weighted by molar-refractivity contribution is 0.172. The predicted octanol–water partition coefficient (Wildman–Crippen LogP) is 1.63. The first kappa shape index (κ1) is 14.6. The summed E-state index contributed by atoms with van der Waals surface area (Å²) in [6, 6.07) is 9.16. The summed E-state index contributed by atoms with van der Waals surface area (Å²) >= 11 is 0. The largest absolute Gasteiger partial charge is 0.486 e. The average Bonchev–Trinajstić information content (AvgIpc) is 3.08. The maximum Gasteiger partial charge on any atom is 0.225 e. The standard InChI is InChI=1S/C17H13N7O2/c18-17-22-15(11-3-1-2-4-19-11)23-24(17)16-10-7-13-14(26-6-5-25-13)8-12(10)20-9-21-16/h1-4,7-9H,5-6H2,(H2,18,22,23). The average molecular weight is 347 g/mol. The number of benzene rings is 1. The van der Waals surface area contributed by atoms with Crippen molar-refractivity contribution in [2.45, 2.75) is 0 Å². The lowest BCUT2D eigenvalue weighted by Crippen LogP contribution is -2.15. The molecule has 0 fully saturated rings. The fourth-order valence-corrected chi connectivity index (χ4v) is 2.83. The number of anilines is 1. The van der Waals surface area contributed by atoms with Crippen LogP contribution in [0.2, 0.25) is 0 Å². The highest BCUT2D eigenvalue weighted by molar-refractivity contribution is 5.88. The summed E-state index contributed by atoms with van der Waals surface area (Å²) in [5.74, 6) is 2.45. The van der Waals surface area contributed by atoms with E-state index >= 15 is 0 Å². The number of nitrogens with zero attached hydrogens (tertiary/aromatic N) is 6. The second kappa shape index (κ2) is 5.66. The Bertz CT molecular complexity index is 1110. The lowest BCUT2D eigenvalue weighted by Gasteiger charge is -2.19. The van der Waals surface area contributed by atoms with Gasteiger partial charge in [-0.3, -0.25) is 4.98 Å². The van der Waals surface area contributed by atoms with E-state index < -0.39 is 0 Å². The summed E-state index contributed by atoms with van der Waals surface area (Å²) in [7, 11) is 0. The van der Waals surface area contributed by atoms with Gasteiger partial charge in [-0.05, 0) is 18.2 Å². The van der Waals surface area contributed by atoms with E-state index in [2.05, 4.69) is 25.0 Å². The second-order valence-corrected chi connectivity index (χ2v) is 5.63. The molecule has 0 unspecified atom stereocenters. The molecule has 4 aromatic rings. The zero-order chi connectivity index (χ0) is 17.5. The Morgan fingerprint density at radius 1 is 1.00 bits per heavy atom. The third kappa shape index (κ3) is 2.29. The Morgan fingerprint density at radius 3 is 2.65 bits per heavy atom. The van der Waals surface area contributed by atoms with E-state index in [0.29, 0.717) is 47.6 Å². The normalized spacial score (nSPS) is 13.1. The van der Waals surface area contributed by atoms with Crippen LogP contribution in [0.3, 0.4) is 0 Å². The highest BCUT2D eigenvalue weighted by Gasteiger charge is 2.19. The molecule has 9 nitrogen and oxygen atoms in total. The van der Waals surface area contributed by atoms with Crippen LogP contribution in [-0.2, 0) is 0 Å². The van der Waals surface area contributed by atoms with Crippen molar-refractivity contribution in [2.75, 3.05) is 18.9 Å². The van der Waals surface area contributed by atoms with Crippen molar-refractivity contribution in [1.29, 1.82) is 0 Å². The van der Waals surface area contributed by atoms with Gasteiger partial charge in [-0.25, -0.2) is 9.97 Å². The van der Waals surface area contributed by atoms with Crippen LogP contribution in [0.15, 0.2) is 42.9 Å². The van der Waals surface area contributed by atoms with E-state index in [-0.39, 0.29) is 5.95 Å². The van der Waals surface area contributed by atoms with Crippen LogP contribution < -0.4 is 15.2 Å². The number of hydrogen-bond donors (Lipinski definition) is 1. The van der Waals surface area contributed by atoms with Gasteiger partial charge < -0.3 is 15.2 Å². The van der Waals surface area contributed by atoms with Gasteiger partial charge in [-0.15, -0.1) is 5.10 Å². The van der Waals surface area contributed by atoms with E-state index in [0.717, 1.165) is 5.39 Å². The zero-order valence-corrected chi connectivity index (χ0v) is 13.5. The summed E-state index contributed by atoms with van der Waals surface area (Å²) in [4.78, 5) is 17.2. The molecule has 0 spiro atoms. The molecule has 1 aromatic carbocycles. The molecule has 0 saturated heterocycles. The van der Waals surface area contributed by atoms with Crippen molar-refractivity contribution in [2.24, 2.45) is 0 Å². The van der Waals surface area contributed by atoms with Crippen LogP contribution in [0.4, 0.5) is 5.95 Å². The van der Waals surface area contributed by atoms with Crippen molar-refractivity contribution in [3.8, 4) is 28.8 Å². The van der Waals surface area contributed by atoms with Crippen molar-refractivity contribution < 1.29 is 9.47 Å². The van der Waals surface area contributed by atoms with E-state index in [9.17, 15) is 0 Å². The zero-order valence-electron chi connectivity index (χ0n) is 13.5. The molecule has 0 aliphatic carbocycles. The number of ether oxygens (including phenoxy) is 2. The van der Waals surface area contributed by atoms with E-state index in [1.807, 2.05) is 30.3 Å². The van der Waals surface area contributed by atoms with Gasteiger partial charge in [0.1, 0.15) is 25.2 Å². The summed E-state index contributed by atoms with van der Waals surface area (Å²) < 4.78 is 12.7. The van der Waals surface area contributed by atoms with Gasteiger partial charge in [0, 0.05) is 17.6 Å². The van der Waals surface area contributed by atoms with Crippen molar-refractivity contribution in [3.63, 3.8) is 0 Å². The Morgan fingerprint density at radius 2 is 1.85 bits per heavy atom. The minimum atomic E-state index is 0.209. The first-order valence-electron chi connectivity index (χ1n) is 7.98. The molecule has 0 amide bonds. The predicted molar refractivity (Wildman–Crippen MR) is 93.1 cm³/mol. The summed E-state index contributed by atoms with van der Waals surface area (Å²) in [6.45, 7) is 1.01. The quantitative estimate of drug-likeness (QED) is 0.582. The van der Waals surface area contributed by atoms with Crippen molar-refractivity contribution >= 4 is 16.9 Å². The van der Waals surface area contributed by atoms with Gasteiger partial charge in [-0.2, -0.15) is 9.67 Å². The third-order valence-corrected chi connectivity index (χ3v) is 4.01. The highest BCUT2D eigenvalue weighted by atomic mass is 16.6. The van der Waals surface area contributed by atoms with Crippen LogP contribution >= 0.6 is 0 Å². The van der Waals surface area contributed by atoms with E-state index in [4.69, 9.17) is 15.2 Å². The molecule has 1 aliphatic rings. The molecule has 1 aliphatic heterocycles. The van der Waals surface area contributed by atoms with Crippen LogP contribution in [0.1, 0.15) is 0 Å². The first-order chi connectivity index (χ1) is 12.8. The molecule has 4 heterocycles. The molecule has 128 valence electrons. The topological polar surface area (TPSA) is 114 Å². The van der Waals surface area contributed by atoms with Gasteiger partial charge in [-0.1, -0.05) is 6.07 Å². The second-order valence-electron chi connectivity index (χ2n) is 5.63. The molecule has 2 N–H and O–H groups in total. The van der Waals surface area contributed by atoms with Gasteiger partial charge in [0.2, 0.25) is 11.8 Å². The highest BCUT2D eigenvalue weighted by Crippen LogP contribution is 2.35. The summed E-state index contributed by atoms with van der Waals surface area (Å²) in [6.07, 6.45) is 3.13. The number of aromatic nitrogens is 6. The molecule has 0 atom stereocenters. The lowest BCUT2D eigenvalue weighted by atomic mass is 10.2. The molecule has 5 rings (SSSR count). The maximum absolute atomic E-state index is 6.08. The van der Waals surface area contributed by atoms with Crippen LogP contribution in [0.25, 0.3) is 28.2 Å². The van der Waals surface area contributed by atoms with Crippen LogP contribution in [0.5, 0.6) is 11.5 Å². The third-order valence-electron chi connectivity index (χ3n) is 4.01. The summed E-state index contributed by atoms with van der Waals surface area (Å²) in [5, 5.41) is 5.21. The fraction of sp³-hybridized carbons (Fsp3) is 0.118. The Kier molecular flexibility index (Phi) is 3.17. The molecular formula is C17H13N7O2. The van der Waals surface area contributed by atoms with Crippen molar-refractivity contribution in [1.82, 2.24) is 29.7 Å². The maximum atomic E-state index is 6.08. The van der Waals surface area contributed by atoms with Crippen LogP contribution in [0, 0.1) is 0 Å². The number of hydrogen-bond acceptors (Lipinski definition) is 8. The molecular weight excluding hydrogens is 334 g/mol. The van der Waals surface area contributed by atoms with E-state index in [1.54, 1.807) is 6.20 Å². The Hall–Kier alpha value is -3.75. The molecule has 0 radical (unpaired) electrons. The SMILES string of the molecule is Nc1nc(-c2ccccn2)nn1-c1ncnc2cc3c(cc12)OCCO3. The monoisotopic (exact) mass is 347 g/mol. The molecule has 26 heavy (non-hydrogen) atoms. The Balaban J connectivity index is 1.69. The molecule has 9 heteroatoms. The van der Waals surface area contributed by atoms with Gasteiger partial charge in [0.15, 0.2) is 17.3 Å². The van der Waals surface area contributed by atoms with Gasteiger partial charge >= 0.3 is 0 Å². The van der Waals surface area contributed by atoms with Crippen molar-refractivity contribution in [3.05, 3.63) is 42.9 Å². The summed E-state index contributed by atoms with van der Waals surface area (Å²) in [5.41, 5.74) is 7.42.